The maximum absolute atomic E-state index is 12.7. The average Bonchev–Trinajstić information content (AvgIpc) is 3.22. The van der Waals surface area contributed by atoms with E-state index in [1.807, 2.05) is 72.8 Å². The minimum atomic E-state index is -0.136. The second kappa shape index (κ2) is 8.01. The molecule has 27 heavy (non-hydrogen) atoms. The molecule has 1 fully saturated rings. The molecule has 1 saturated heterocycles. The van der Waals surface area contributed by atoms with E-state index in [0.717, 1.165) is 43.2 Å². The molecule has 0 saturated carbocycles. The molecule has 3 aromatic rings. The van der Waals surface area contributed by atoms with E-state index in [1.165, 1.54) is 4.68 Å². The number of rotatable bonds is 4. The molecule has 0 N–H and O–H groups in total. The quantitative estimate of drug-likeness (QED) is 0.714. The monoisotopic (exact) mass is 359 g/mol. The van der Waals surface area contributed by atoms with Crippen molar-refractivity contribution >= 4 is 23.7 Å². The van der Waals surface area contributed by atoms with E-state index in [9.17, 15) is 4.79 Å². The molecule has 0 spiro atoms. The van der Waals surface area contributed by atoms with Crippen LogP contribution in [0.1, 0.15) is 21.6 Å². The van der Waals surface area contributed by atoms with Gasteiger partial charge in [-0.3, -0.25) is 4.79 Å². The van der Waals surface area contributed by atoms with Crippen LogP contribution in [0, 0.1) is 0 Å². The van der Waals surface area contributed by atoms with Gasteiger partial charge in [0.1, 0.15) is 0 Å². The molecule has 4 rings (SSSR count). The van der Waals surface area contributed by atoms with E-state index in [0.29, 0.717) is 5.56 Å². The Morgan fingerprint density at radius 3 is 2.41 bits per heavy atom. The van der Waals surface area contributed by atoms with Gasteiger partial charge >= 0.3 is 0 Å². The average molecular weight is 359 g/mol. The fourth-order valence-corrected chi connectivity index (χ4v) is 3.05. The van der Waals surface area contributed by atoms with Crippen LogP contribution in [0.4, 0.5) is 5.69 Å². The highest BCUT2D eigenvalue weighted by atomic mass is 16.5. The Balaban J connectivity index is 1.45. The van der Waals surface area contributed by atoms with Gasteiger partial charge in [0.2, 0.25) is 0 Å². The fourth-order valence-electron chi connectivity index (χ4n) is 3.05. The van der Waals surface area contributed by atoms with Crippen LogP contribution in [-0.4, -0.2) is 42.0 Å². The molecule has 136 valence electrons. The maximum Gasteiger partial charge on any atom is 0.278 e. The fraction of sp³-hybridized carbons (Fsp3) is 0.182. The Bertz CT molecular complexity index is 924. The predicted octanol–water partition coefficient (Wildman–Crippen LogP) is 3.58. The summed E-state index contributed by atoms with van der Waals surface area (Å²) in [6, 6.07) is 19.5. The third-order valence-electron chi connectivity index (χ3n) is 4.55. The third kappa shape index (κ3) is 4.15. The Morgan fingerprint density at radius 1 is 0.926 bits per heavy atom. The number of nitrogens with zero attached hydrogens (tertiary/aromatic N) is 3. The van der Waals surface area contributed by atoms with Crippen LogP contribution in [0.25, 0.3) is 12.2 Å². The van der Waals surface area contributed by atoms with Crippen molar-refractivity contribution in [1.29, 1.82) is 0 Å². The summed E-state index contributed by atoms with van der Waals surface area (Å²) in [4.78, 5) is 14.9. The molecule has 0 unspecified atom stereocenters. The highest BCUT2D eigenvalue weighted by Gasteiger charge is 2.13. The van der Waals surface area contributed by atoms with Crippen molar-refractivity contribution in [1.82, 2.24) is 9.78 Å². The van der Waals surface area contributed by atoms with Crippen molar-refractivity contribution in [3.05, 3.63) is 83.7 Å². The van der Waals surface area contributed by atoms with Crippen LogP contribution < -0.4 is 4.90 Å². The van der Waals surface area contributed by atoms with Crippen molar-refractivity contribution in [2.45, 2.75) is 0 Å². The summed E-state index contributed by atoms with van der Waals surface area (Å²) >= 11 is 0. The number of aromatic nitrogens is 2. The molecule has 1 aliphatic rings. The summed E-state index contributed by atoms with van der Waals surface area (Å²) in [5.74, 6) is -0.136. The standard InChI is InChI=1S/C22H21N3O2/c26-22(19-7-10-21(11-8-19)24-14-16-27-17-15-24)25-13-12-20(23-25)9-6-18-4-2-1-3-5-18/h1-13H,14-17H2. The van der Waals surface area contributed by atoms with Crippen molar-refractivity contribution in [3.8, 4) is 0 Å². The maximum atomic E-state index is 12.7. The lowest BCUT2D eigenvalue weighted by Gasteiger charge is -2.28. The molecule has 1 aromatic heterocycles. The largest absolute Gasteiger partial charge is 0.378 e. The summed E-state index contributed by atoms with van der Waals surface area (Å²) in [7, 11) is 0. The highest BCUT2D eigenvalue weighted by molar-refractivity contribution is 5.95. The van der Waals surface area contributed by atoms with Gasteiger partial charge in [-0.2, -0.15) is 5.10 Å². The number of anilines is 1. The van der Waals surface area contributed by atoms with E-state index >= 15 is 0 Å². The van der Waals surface area contributed by atoms with E-state index in [2.05, 4.69) is 10.00 Å². The summed E-state index contributed by atoms with van der Waals surface area (Å²) in [6.45, 7) is 3.24. The van der Waals surface area contributed by atoms with Crippen molar-refractivity contribution in [3.63, 3.8) is 0 Å². The number of carbonyl (C=O) groups excluding carboxylic acids is 1. The normalized spacial score (nSPS) is 14.6. The van der Waals surface area contributed by atoms with Crippen molar-refractivity contribution in [2.24, 2.45) is 0 Å². The van der Waals surface area contributed by atoms with Gasteiger partial charge in [0.25, 0.3) is 5.91 Å². The molecule has 0 atom stereocenters. The molecule has 0 aliphatic carbocycles. The minimum Gasteiger partial charge on any atom is -0.378 e. The van der Waals surface area contributed by atoms with Crippen LogP contribution in [0.15, 0.2) is 66.9 Å². The molecule has 1 aliphatic heterocycles. The number of hydrogen-bond donors (Lipinski definition) is 0. The molecular formula is C22H21N3O2. The molecule has 0 amide bonds. The van der Waals surface area contributed by atoms with E-state index in [4.69, 9.17) is 4.74 Å². The first-order valence-corrected chi connectivity index (χ1v) is 9.06. The van der Waals surface area contributed by atoms with Crippen LogP contribution in [0.5, 0.6) is 0 Å². The zero-order valence-corrected chi connectivity index (χ0v) is 15.0. The lowest BCUT2D eigenvalue weighted by atomic mass is 10.2. The van der Waals surface area contributed by atoms with Gasteiger partial charge < -0.3 is 9.64 Å². The summed E-state index contributed by atoms with van der Waals surface area (Å²) < 4.78 is 6.76. The second-order valence-electron chi connectivity index (χ2n) is 6.38. The van der Waals surface area contributed by atoms with Crippen LogP contribution in [-0.2, 0) is 4.74 Å². The molecule has 5 nitrogen and oxygen atoms in total. The molecule has 0 radical (unpaired) electrons. The topological polar surface area (TPSA) is 47.4 Å². The summed E-state index contributed by atoms with van der Waals surface area (Å²) in [5.41, 5.74) is 3.57. The number of hydrogen-bond acceptors (Lipinski definition) is 4. The molecular weight excluding hydrogens is 338 g/mol. The number of ether oxygens (including phenoxy) is 1. The van der Waals surface area contributed by atoms with Gasteiger partial charge in [0.05, 0.1) is 18.9 Å². The first-order valence-electron chi connectivity index (χ1n) is 9.06. The smallest absolute Gasteiger partial charge is 0.278 e. The van der Waals surface area contributed by atoms with Crippen molar-refractivity contribution in [2.75, 3.05) is 31.2 Å². The van der Waals surface area contributed by atoms with Gasteiger partial charge in [0.15, 0.2) is 0 Å². The van der Waals surface area contributed by atoms with E-state index < -0.39 is 0 Å². The zero-order chi connectivity index (χ0) is 18.5. The van der Waals surface area contributed by atoms with Gasteiger partial charge in [-0.25, -0.2) is 4.68 Å². The Labute approximate surface area is 158 Å². The van der Waals surface area contributed by atoms with Crippen LogP contribution >= 0.6 is 0 Å². The van der Waals surface area contributed by atoms with Crippen molar-refractivity contribution < 1.29 is 9.53 Å². The number of carbonyl (C=O) groups is 1. The van der Waals surface area contributed by atoms with Crippen LogP contribution in [0.3, 0.4) is 0 Å². The predicted molar refractivity (Wildman–Crippen MR) is 107 cm³/mol. The van der Waals surface area contributed by atoms with Crippen LogP contribution in [0.2, 0.25) is 0 Å². The molecule has 2 heterocycles. The summed E-state index contributed by atoms with van der Waals surface area (Å²) in [5, 5.41) is 4.37. The Hall–Kier alpha value is -3.18. The first kappa shape index (κ1) is 17.2. The highest BCUT2D eigenvalue weighted by Crippen LogP contribution is 2.17. The van der Waals surface area contributed by atoms with Gasteiger partial charge in [-0.1, -0.05) is 36.4 Å². The van der Waals surface area contributed by atoms with E-state index in [1.54, 1.807) is 6.20 Å². The Kier molecular flexibility index (Phi) is 5.12. The van der Waals surface area contributed by atoms with Gasteiger partial charge in [-0.05, 0) is 42.0 Å². The first-order chi connectivity index (χ1) is 13.3. The Morgan fingerprint density at radius 2 is 1.67 bits per heavy atom. The van der Waals surface area contributed by atoms with Gasteiger partial charge in [0, 0.05) is 30.5 Å². The molecule has 2 aromatic carbocycles. The van der Waals surface area contributed by atoms with Gasteiger partial charge in [-0.15, -0.1) is 0 Å². The number of morpholine rings is 1. The summed E-state index contributed by atoms with van der Waals surface area (Å²) in [6.07, 6.45) is 5.58. The SMILES string of the molecule is O=C(c1ccc(N2CCOCC2)cc1)n1ccc(C=Cc2ccccc2)n1. The lowest BCUT2D eigenvalue weighted by Crippen LogP contribution is -2.36. The minimum absolute atomic E-state index is 0.136. The zero-order valence-electron chi connectivity index (χ0n) is 15.0. The van der Waals surface area contributed by atoms with E-state index in [-0.39, 0.29) is 5.91 Å². The second-order valence-corrected chi connectivity index (χ2v) is 6.38. The third-order valence-corrected chi connectivity index (χ3v) is 4.55. The lowest BCUT2D eigenvalue weighted by molar-refractivity contribution is 0.0945. The molecule has 5 heteroatoms. The molecule has 0 bridgehead atoms. The number of benzene rings is 2.